The van der Waals surface area contributed by atoms with Crippen molar-refractivity contribution in [3.63, 3.8) is 0 Å². The van der Waals surface area contributed by atoms with Crippen molar-refractivity contribution in [2.45, 2.75) is 58.7 Å². The second-order valence-corrected chi connectivity index (χ2v) is 7.26. The molecule has 4 heteroatoms. The van der Waals surface area contributed by atoms with Gasteiger partial charge in [0.25, 0.3) is 0 Å². The van der Waals surface area contributed by atoms with Gasteiger partial charge in [0.05, 0.1) is 11.8 Å². The number of hydrogen-bond donors (Lipinski definition) is 0. The Morgan fingerprint density at radius 1 is 1.45 bits per heavy atom. The molecule has 0 aromatic carbocycles. The lowest BCUT2D eigenvalue weighted by molar-refractivity contribution is -0.159. The van der Waals surface area contributed by atoms with E-state index in [0.717, 1.165) is 19.3 Å². The number of fused-ring (bicyclic) bond motifs is 5. The molecular formula is C16H24O4. The van der Waals surface area contributed by atoms with Crippen molar-refractivity contribution in [2.24, 2.45) is 29.6 Å². The van der Waals surface area contributed by atoms with Crippen molar-refractivity contribution in [2.75, 3.05) is 0 Å². The van der Waals surface area contributed by atoms with Crippen LogP contribution in [-0.2, 0) is 19.1 Å². The summed E-state index contributed by atoms with van der Waals surface area (Å²) >= 11 is 0. The van der Waals surface area contributed by atoms with E-state index >= 15 is 0 Å². The quantitative estimate of drug-likeness (QED) is 0.746. The zero-order chi connectivity index (χ0) is 14.7. The predicted molar refractivity (Wildman–Crippen MR) is 72.7 cm³/mol. The Balaban J connectivity index is 1.74. The van der Waals surface area contributed by atoms with E-state index in [1.807, 2.05) is 27.7 Å². The van der Waals surface area contributed by atoms with Gasteiger partial charge < -0.3 is 9.47 Å². The average molecular weight is 280 g/mol. The van der Waals surface area contributed by atoms with Crippen molar-refractivity contribution < 1.29 is 19.1 Å². The number of carbonyl (C=O) groups excluding carboxylic acids is 2. The topological polar surface area (TPSA) is 52.6 Å². The van der Waals surface area contributed by atoms with Gasteiger partial charge in [-0.2, -0.15) is 0 Å². The van der Waals surface area contributed by atoms with Crippen molar-refractivity contribution in [1.82, 2.24) is 0 Å². The molecule has 2 bridgehead atoms. The summed E-state index contributed by atoms with van der Waals surface area (Å²) in [7, 11) is 0. The minimum atomic E-state index is -0.414. The van der Waals surface area contributed by atoms with Crippen LogP contribution in [0, 0.1) is 29.6 Å². The first-order chi connectivity index (χ1) is 9.35. The molecule has 4 nitrogen and oxygen atoms in total. The van der Waals surface area contributed by atoms with E-state index in [9.17, 15) is 9.59 Å². The Morgan fingerprint density at radius 3 is 2.80 bits per heavy atom. The molecule has 0 amide bonds. The van der Waals surface area contributed by atoms with E-state index in [1.54, 1.807) is 0 Å². The van der Waals surface area contributed by atoms with Crippen LogP contribution in [0.15, 0.2) is 0 Å². The van der Waals surface area contributed by atoms with Gasteiger partial charge in [-0.1, -0.05) is 13.8 Å². The first kappa shape index (κ1) is 13.9. The predicted octanol–water partition coefficient (Wildman–Crippen LogP) is 2.55. The zero-order valence-corrected chi connectivity index (χ0v) is 12.7. The summed E-state index contributed by atoms with van der Waals surface area (Å²) in [4.78, 5) is 24.0. The lowest BCUT2D eigenvalue weighted by Crippen LogP contribution is -2.41. The molecule has 0 spiro atoms. The molecule has 1 saturated heterocycles. The van der Waals surface area contributed by atoms with Gasteiger partial charge in [-0.25, -0.2) is 0 Å². The van der Waals surface area contributed by atoms with Gasteiger partial charge in [0.2, 0.25) is 0 Å². The Labute approximate surface area is 120 Å². The number of esters is 2. The summed E-state index contributed by atoms with van der Waals surface area (Å²) in [6, 6.07) is 0. The van der Waals surface area contributed by atoms with Crippen LogP contribution < -0.4 is 0 Å². The SMILES string of the molecule is CCC(C)C(=O)OC1CC2CC1C1C2C(=O)OC1(C)C. The third kappa shape index (κ3) is 1.87. The molecule has 1 aliphatic heterocycles. The van der Waals surface area contributed by atoms with Gasteiger partial charge in [-0.3, -0.25) is 9.59 Å². The first-order valence-corrected chi connectivity index (χ1v) is 7.78. The Hall–Kier alpha value is -1.06. The summed E-state index contributed by atoms with van der Waals surface area (Å²) in [6.45, 7) is 7.88. The lowest BCUT2D eigenvalue weighted by atomic mass is 9.72. The maximum absolute atomic E-state index is 12.0. The number of ether oxygens (including phenoxy) is 2. The summed E-state index contributed by atoms with van der Waals surface area (Å²) in [6.07, 6.45) is 2.63. The van der Waals surface area contributed by atoms with Gasteiger partial charge in [0.15, 0.2) is 0 Å². The average Bonchev–Trinajstić information content (AvgIpc) is 3.00. The number of carbonyl (C=O) groups is 2. The fraction of sp³-hybridized carbons (Fsp3) is 0.875. The van der Waals surface area contributed by atoms with Crippen molar-refractivity contribution in [3.8, 4) is 0 Å². The third-order valence-electron chi connectivity index (χ3n) is 5.66. The van der Waals surface area contributed by atoms with Crippen molar-refractivity contribution in [1.29, 1.82) is 0 Å². The van der Waals surface area contributed by atoms with Crippen LogP contribution in [0.4, 0.5) is 0 Å². The maximum atomic E-state index is 12.0. The van der Waals surface area contributed by atoms with Gasteiger partial charge in [0.1, 0.15) is 11.7 Å². The minimum absolute atomic E-state index is 0.0171. The number of hydrogen-bond acceptors (Lipinski definition) is 4. The molecule has 3 rings (SSSR count). The number of rotatable bonds is 3. The molecule has 20 heavy (non-hydrogen) atoms. The largest absolute Gasteiger partial charge is 0.462 e. The summed E-state index contributed by atoms with van der Waals surface area (Å²) in [5.74, 6) is 0.703. The fourth-order valence-corrected chi connectivity index (χ4v) is 4.55. The minimum Gasteiger partial charge on any atom is -0.462 e. The van der Waals surface area contributed by atoms with Gasteiger partial charge >= 0.3 is 11.9 Å². The second kappa shape index (κ2) is 4.47. The molecule has 0 aromatic heterocycles. The Morgan fingerprint density at radius 2 is 2.15 bits per heavy atom. The maximum Gasteiger partial charge on any atom is 0.310 e. The molecule has 1 heterocycles. The van der Waals surface area contributed by atoms with E-state index in [2.05, 4.69) is 0 Å². The van der Waals surface area contributed by atoms with Gasteiger partial charge in [-0.05, 0) is 39.0 Å². The van der Waals surface area contributed by atoms with Gasteiger partial charge in [-0.15, -0.1) is 0 Å². The van der Waals surface area contributed by atoms with E-state index in [-0.39, 0.29) is 35.8 Å². The second-order valence-electron chi connectivity index (χ2n) is 7.26. The van der Waals surface area contributed by atoms with Gasteiger partial charge in [0, 0.05) is 11.8 Å². The molecule has 6 unspecified atom stereocenters. The molecule has 6 atom stereocenters. The highest BCUT2D eigenvalue weighted by Crippen LogP contribution is 2.60. The molecule has 112 valence electrons. The normalized spacial score (nSPS) is 42.2. The highest BCUT2D eigenvalue weighted by molar-refractivity contribution is 5.77. The molecule has 3 fully saturated rings. The molecule has 0 radical (unpaired) electrons. The van der Waals surface area contributed by atoms with Crippen LogP contribution >= 0.6 is 0 Å². The van der Waals surface area contributed by atoms with Crippen LogP contribution in [0.25, 0.3) is 0 Å². The molecule has 0 aromatic rings. The monoisotopic (exact) mass is 280 g/mol. The van der Waals surface area contributed by atoms with E-state index in [1.165, 1.54) is 0 Å². The van der Waals surface area contributed by atoms with Crippen molar-refractivity contribution in [3.05, 3.63) is 0 Å². The summed E-state index contributed by atoms with van der Waals surface area (Å²) in [5.41, 5.74) is -0.414. The third-order valence-corrected chi connectivity index (χ3v) is 5.66. The van der Waals surface area contributed by atoms with E-state index in [4.69, 9.17) is 9.47 Å². The molecule has 2 saturated carbocycles. The number of cyclic esters (lactones) is 1. The lowest BCUT2D eigenvalue weighted by Gasteiger charge is -2.35. The Kier molecular flexibility index (Phi) is 3.11. The molecule has 0 N–H and O–H groups in total. The highest BCUT2D eigenvalue weighted by atomic mass is 16.6. The van der Waals surface area contributed by atoms with Crippen LogP contribution in [0.1, 0.15) is 47.0 Å². The summed E-state index contributed by atoms with van der Waals surface area (Å²) in [5, 5.41) is 0. The van der Waals surface area contributed by atoms with Crippen LogP contribution in [0.3, 0.4) is 0 Å². The van der Waals surface area contributed by atoms with E-state index < -0.39 is 5.60 Å². The van der Waals surface area contributed by atoms with Crippen LogP contribution in [0.5, 0.6) is 0 Å². The smallest absolute Gasteiger partial charge is 0.310 e. The molecule has 3 aliphatic rings. The fourth-order valence-electron chi connectivity index (χ4n) is 4.55. The molecular weight excluding hydrogens is 256 g/mol. The van der Waals surface area contributed by atoms with E-state index in [0.29, 0.717) is 11.8 Å². The standard InChI is InChI=1S/C16H24O4/c1-5-8(2)14(17)19-11-7-9-6-10(11)13-12(9)15(18)20-16(13,3)4/h8-13H,5-7H2,1-4H3. The highest BCUT2D eigenvalue weighted by Gasteiger charge is 2.66. The first-order valence-electron chi connectivity index (χ1n) is 7.78. The Bertz CT molecular complexity index is 442. The van der Waals surface area contributed by atoms with Crippen LogP contribution in [0.2, 0.25) is 0 Å². The molecule has 2 aliphatic carbocycles. The summed E-state index contributed by atoms with van der Waals surface area (Å²) < 4.78 is 11.3. The van der Waals surface area contributed by atoms with Crippen LogP contribution in [-0.4, -0.2) is 23.6 Å². The van der Waals surface area contributed by atoms with Crippen molar-refractivity contribution >= 4 is 11.9 Å². The zero-order valence-electron chi connectivity index (χ0n) is 12.7.